The number of ketones is 4. The van der Waals surface area contributed by atoms with Crippen molar-refractivity contribution in [3.8, 4) is 11.5 Å². The lowest BCUT2D eigenvalue weighted by Crippen LogP contribution is -2.19. The summed E-state index contributed by atoms with van der Waals surface area (Å²) in [7, 11) is 1.65. The number of ether oxygens (including phenoxy) is 2. The highest BCUT2D eigenvalue weighted by Gasteiger charge is 2.21. The lowest BCUT2D eigenvalue weighted by atomic mass is 9.92. The van der Waals surface area contributed by atoms with Gasteiger partial charge in [0, 0.05) is 24.7 Å². The topological polar surface area (TPSA) is 86.7 Å². The van der Waals surface area contributed by atoms with E-state index in [0.29, 0.717) is 13.0 Å². The van der Waals surface area contributed by atoms with Crippen molar-refractivity contribution in [1.82, 2.24) is 0 Å². The summed E-state index contributed by atoms with van der Waals surface area (Å²) in [6.45, 7) is 9.87. The molecule has 0 aliphatic rings. The lowest BCUT2D eigenvalue weighted by Gasteiger charge is -2.09. The largest absolute Gasteiger partial charge is 0.497 e. The van der Waals surface area contributed by atoms with Gasteiger partial charge in [-0.25, -0.2) is 0 Å². The molecule has 55 heavy (non-hydrogen) atoms. The summed E-state index contributed by atoms with van der Waals surface area (Å²) in [5.41, 5.74) is 5.37. The molecule has 0 aliphatic heterocycles. The number of aryl methyl sites for hydroxylation is 1. The summed E-state index contributed by atoms with van der Waals surface area (Å²) >= 11 is 0. The van der Waals surface area contributed by atoms with Crippen LogP contribution in [-0.4, -0.2) is 30.2 Å². The predicted octanol–water partition coefficient (Wildman–Crippen LogP) is 10.7. The van der Waals surface area contributed by atoms with Crippen molar-refractivity contribution >= 4 is 29.2 Å². The molecule has 0 unspecified atom stereocenters. The number of hydrogen-bond acceptors (Lipinski definition) is 6. The van der Waals surface area contributed by atoms with Crippen LogP contribution in [0.2, 0.25) is 0 Å². The fourth-order valence-corrected chi connectivity index (χ4v) is 5.00. The molecule has 5 aromatic rings. The zero-order valence-electron chi connectivity index (χ0n) is 32.3. The Hall–Kier alpha value is -5.88. The van der Waals surface area contributed by atoms with E-state index < -0.39 is 0 Å². The van der Waals surface area contributed by atoms with Crippen molar-refractivity contribution in [3.63, 3.8) is 0 Å². The van der Waals surface area contributed by atoms with E-state index >= 15 is 0 Å². The van der Waals surface area contributed by atoms with Crippen LogP contribution in [0.5, 0.6) is 11.5 Å². The van der Waals surface area contributed by atoms with Crippen molar-refractivity contribution in [2.45, 2.75) is 67.9 Å². The molecule has 0 saturated carbocycles. The normalized spacial score (nSPS) is 10.5. The third-order valence-corrected chi connectivity index (χ3v) is 8.25. The maximum absolute atomic E-state index is 12.6. The van der Waals surface area contributed by atoms with Gasteiger partial charge in [0.2, 0.25) is 0 Å². The van der Waals surface area contributed by atoms with Crippen molar-refractivity contribution in [3.05, 3.63) is 173 Å². The smallest absolute Gasteiger partial charge is 0.170 e. The molecule has 0 saturated heterocycles. The molecule has 6 heteroatoms. The average molecular weight is 741 g/mol. The Kier molecular flexibility index (Phi) is 20.1. The second-order valence-corrected chi connectivity index (χ2v) is 13.5. The minimum Gasteiger partial charge on any atom is -0.497 e. The zero-order chi connectivity index (χ0) is 39.3. The van der Waals surface area contributed by atoms with E-state index in [1.54, 1.807) is 13.2 Å². The Morgan fingerprint density at radius 1 is 0.582 bits per heavy atom. The van der Waals surface area contributed by atoms with E-state index in [0.717, 1.165) is 33.8 Å². The van der Waals surface area contributed by atoms with Crippen LogP contribution >= 0.6 is 0 Å². The van der Waals surface area contributed by atoms with Crippen molar-refractivity contribution in [1.29, 1.82) is 0 Å². The molecule has 6 nitrogen and oxygen atoms in total. The zero-order valence-corrected chi connectivity index (χ0v) is 32.3. The van der Waals surface area contributed by atoms with Gasteiger partial charge >= 0.3 is 0 Å². The first kappa shape index (κ1) is 45.3. The Morgan fingerprint density at radius 2 is 1.05 bits per heavy atom. The van der Waals surface area contributed by atoms with Crippen LogP contribution in [0.4, 0.5) is 0 Å². The van der Waals surface area contributed by atoms with Gasteiger partial charge in [-0.1, -0.05) is 156 Å². The standard InChI is InChI=1S/C21H22O2.C14H14O2.C13H16O2.CH4/c1-15(2)21(23)19(13-18-11-9-16(3)10-12-18)20(22)14-17-7-5-4-6-8-17;1-15-13-7-9-14(10-8-13)16-11-12-5-3-2-4-6-12;1-10(2)13(15)9-12(14)8-11-6-4-3-5-7-11;/h4-13,15H,14H2,1-3H3;2-10H,11H2,1H3;3-7,10H,8-9H2,1-2H3;1H4/b19-13-;;;. The van der Waals surface area contributed by atoms with Crippen LogP contribution in [0.1, 0.15) is 69.4 Å². The molecular weight excluding hydrogens is 685 g/mol. The van der Waals surface area contributed by atoms with E-state index in [9.17, 15) is 19.2 Å². The van der Waals surface area contributed by atoms with Gasteiger partial charge in [0.1, 0.15) is 29.7 Å². The molecule has 0 atom stereocenters. The fourth-order valence-electron chi connectivity index (χ4n) is 5.00. The Balaban J connectivity index is 0.000000291. The maximum Gasteiger partial charge on any atom is 0.170 e. The summed E-state index contributed by atoms with van der Waals surface area (Å²) < 4.78 is 10.7. The van der Waals surface area contributed by atoms with E-state index in [1.165, 1.54) is 5.56 Å². The van der Waals surface area contributed by atoms with Gasteiger partial charge in [0.15, 0.2) is 11.6 Å². The molecule has 0 aliphatic carbocycles. The van der Waals surface area contributed by atoms with E-state index in [1.807, 2.05) is 174 Å². The van der Waals surface area contributed by atoms with Gasteiger partial charge in [0.25, 0.3) is 0 Å². The minimum absolute atomic E-state index is 0. The lowest BCUT2D eigenvalue weighted by molar-refractivity contribution is -0.128. The second-order valence-electron chi connectivity index (χ2n) is 13.5. The molecule has 0 N–H and O–H groups in total. The maximum atomic E-state index is 12.6. The molecule has 5 aromatic carbocycles. The average Bonchev–Trinajstić information content (AvgIpc) is 3.18. The first-order valence-corrected chi connectivity index (χ1v) is 18.2. The van der Waals surface area contributed by atoms with Crippen molar-refractivity contribution in [2.24, 2.45) is 11.8 Å². The molecule has 0 radical (unpaired) electrons. The van der Waals surface area contributed by atoms with Gasteiger partial charge in [-0.05, 0) is 59.5 Å². The molecule has 0 heterocycles. The highest BCUT2D eigenvalue weighted by atomic mass is 16.5. The van der Waals surface area contributed by atoms with Crippen LogP contribution in [0.25, 0.3) is 6.08 Å². The quantitative estimate of drug-likeness (QED) is 0.0603. The van der Waals surface area contributed by atoms with Crippen LogP contribution in [0, 0.1) is 18.8 Å². The monoisotopic (exact) mass is 740 g/mol. The Morgan fingerprint density at radius 3 is 1.53 bits per heavy atom. The number of benzene rings is 5. The van der Waals surface area contributed by atoms with Crippen LogP contribution in [0.3, 0.4) is 0 Å². The molecule has 0 fully saturated rings. The Bertz CT molecular complexity index is 1910. The van der Waals surface area contributed by atoms with Crippen molar-refractivity contribution < 1.29 is 28.7 Å². The number of carbonyl (C=O) groups excluding carboxylic acids is 4. The summed E-state index contributed by atoms with van der Waals surface area (Å²) in [4.78, 5) is 47.9. The number of methoxy groups -OCH3 is 1. The predicted molar refractivity (Wildman–Crippen MR) is 224 cm³/mol. The number of hydrogen-bond donors (Lipinski definition) is 0. The molecule has 0 bridgehead atoms. The summed E-state index contributed by atoms with van der Waals surface area (Å²) in [6, 6.07) is 44.5. The van der Waals surface area contributed by atoms with Crippen LogP contribution < -0.4 is 9.47 Å². The Labute approximate surface area is 328 Å². The van der Waals surface area contributed by atoms with Gasteiger partial charge in [-0.3, -0.25) is 19.2 Å². The second kappa shape index (κ2) is 24.4. The highest BCUT2D eigenvalue weighted by molar-refractivity contribution is 6.24. The molecule has 0 spiro atoms. The SMILES string of the molecule is C.CC(C)C(=O)CC(=O)Cc1ccccc1.COc1ccc(OCc2ccccc2)cc1.Cc1ccc(/C=C(/C(=O)Cc2ccccc2)C(=O)C(C)C)cc1. The molecule has 0 amide bonds. The molecule has 288 valence electrons. The van der Waals surface area contributed by atoms with Crippen LogP contribution in [-0.2, 0) is 38.6 Å². The number of rotatable bonds is 15. The molecule has 5 rings (SSSR count). The third kappa shape index (κ3) is 17.2. The first-order chi connectivity index (χ1) is 25.9. The van der Waals surface area contributed by atoms with Gasteiger partial charge in [0.05, 0.1) is 19.1 Å². The summed E-state index contributed by atoms with van der Waals surface area (Å²) in [5, 5.41) is 0. The number of Topliss-reactive ketones (excluding diaryl/α,β-unsaturated/α-hetero) is 4. The summed E-state index contributed by atoms with van der Waals surface area (Å²) in [5.74, 6) is 1.23. The highest BCUT2D eigenvalue weighted by Crippen LogP contribution is 2.19. The van der Waals surface area contributed by atoms with Crippen LogP contribution in [0.15, 0.2) is 145 Å². The number of allylic oxidation sites excluding steroid dienone is 1. The van der Waals surface area contributed by atoms with E-state index in [2.05, 4.69) is 0 Å². The van der Waals surface area contributed by atoms with Gasteiger partial charge in [-0.15, -0.1) is 0 Å². The number of carbonyl (C=O) groups is 4. The van der Waals surface area contributed by atoms with Gasteiger partial charge < -0.3 is 9.47 Å². The fraction of sp³-hybridized carbons (Fsp3) is 0.265. The van der Waals surface area contributed by atoms with Gasteiger partial charge in [-0.2, -0.15) is 0 Å². The van der Waals surface area contributed by atoms with E-state index in [-0.39, 0.29) is 60.8 Å². The first-order valence-electron chi connectivity index (χ1n) is 18.2. The van der Waals surface area contributed by atoms with Crippen molar-refractivity contribution in [2.75, 3.05) is 7.11 Å². The van der Waals surface area contributed by atoms with E-state index in [4.69, 9.17) is 9.47 Å². The molecule has 0 aromatic heterocycles. The molecular formula is C49H56O6. The summed E-state index contributed by atoms with van der Waals surface area (Å²) in [6.07, 6.45) is 2.38. The third-order valence-electron chi connectivity index (χ3n) is 8.25. The minimum atomic E-state index is -0.202.